The van der Waals surface area contributed by atoms with Crippen molar-refractivity contribution in [3.63, 3.8) is 0 Å². The summed E-state index contributed by atoms with van der Waals surface area (Å²) in [5.74, 6) is 1.55. The lowest BCUT2D eigenvalue weighted by atomic mass is 9.88. The molecule has 0 aromatic rings. The highest BCUT2D eigenvalue weighted by atomic mass is 16.5. The van der Waals surface area contributed by atoms with Gasteiger partial charge in [0.05, 0.1) is 12.2 Å². The molecule has 1 saturated heterocycles. The molecule has 18 heavy (non-hydrogen) atoms. The van der Waals surface area contributed by atoms with Crippen LogP contribution in [0.1, 0.15) is 47.0 Å². The predicted octanol–water partition coefficient (Wildman–Crippen LogP) is 2.50. The van der Waals surface area contributed by atoms with Gasteiger partial charge in [-0.15, -0.1) is 0 Å². The van der Waals surface area contributed by atoms with Crippen molar-refractivity contribution in [2.45, 2.75) is 52.6 Å². The van der Waals surface area contributed by atoms with E-state index in [0.29, 0.717) is 0 Å². The van der Waals surface area contributed by atoms with Crippen LogP contribution in [-0.2, 0) is 4.74 Å². The lowest BCUT2D eigenvalue weighted by Gasteiger charge is -2.38. The Hall–Kier alpha value is -0.120. The van der Waals surface area contributed by atoms with Crippen molar-refractivity contribution < 1.29 is 4.74 Å². The van der Waals surface area contributed by atoms with Crippen molar-refractivity contribution in [3.8, 4) is 0 Å². The van der Waals surface area contributed by atoms with Crippen LogP contribution in [0.4, 0.5) is 0 Å². The van der Waals surface area contributed by atoms with Crippen LogP contribution in [0.3, 0.4) is 0 Å². The molecular weight excluding hydrogens is 224 g/mol. The normalized spacial score (nSPS) is 22.3. The maximum atomic E-state index is 5.74. The van der Waals surface area contributed by atoms with Crippen molar-refractivity contribution in [2.24, 2.45) is 17.6 Å². The molecule has 1 atom stereocenters. The summed E-state index contributed by atoms with van der Waals surface area (Å²) in [5, 5.41) is 0. The van der Waals surface area contributed by atoms with Gasteiger partial charge in [0.2, 0.25) is 0 Å². The first-order chi connectivity index (χ1) is 8.44. The molecule has 2 N–H and O–H groups in total. The molecule has 1 aliphatic rings. The minimum absolute atomic E-state index is 0.0347. The fourth-order valence-electron chi connectivity index (χ4n) is 2.91. The molecule has 0 amide bonds. The second kappa shape index (κ2) is 7.46. The number of nitrogens with zero attached hydrogens (tertiary/aromatic N) is 1. The summed E-state index contributed by atoms with van der Waals surface area (Å²) in [6, 6.07) is 0. The monoisotopic (exact) mass is 256 g/mol. The number of hydrogen-bond donors (Lipinski definition) is 1. The maximum Gasteiger partial charge on any atom is 0.0753 e. The Morgan fingerprint density at radius 2 is 2.00 bits per heavy atom. The smallest absolute Gasteiger partial charge is 0.0753 e. The van der Waals surface area contributed by atoms with E-state index in [4.69, 9.17) is 10.5 Å². The van der Waals surface area contributed by atoms with Gasteiger partial charge in [0.1, 0.15) is 0 Å². The fourth-order valence-corrected chi connectivity index (χ4v) is 2.91. The molecule has 0 radical (unpaired) electrons. The van der Waals surface area contributed by atoms with Gasteiger partial charge < -0.3 is 10.5 Å². The van der Waals surface area contributed by atoms with E-state index in [1.54, 1.807) is 0 Å². The largest absolute Gasteiger partial charge is 0.373 e. The molecule has 3 heteroatoms. The number of hydrogen-bond acceptors (Lipinski definition) is 3. The third-order valence-corrected chi connectivity index (χ3v) is 4.03. The molecule has 0 spiro atoms. The van der Waals surface area contributed by atoms with Crippen LogP contribution in [0.25, 0.3) is 0 Å². The lowest BCUT2D eigenvalue weighted by molar-refractivity contribution is -0.0863. The molecule has 3 nitrogen and oxygen atoms in total. The molecule has 0 aromatic carbocycles. The maximum absolute atomic E-state index is 5.74. The van der Waals surface area contributed by atoms with Crippen molar-refractivity contribution in [3.05, 3.63) is 0 Å². The zero-order valence-corrected chi connectivity index (χ0v) is 12.7. The van der Waals surface area contributed by atoms with E-state index in [1.807, 2.05) is 0 Å². The average molecular weight is 256 g/mol. The van der Waals surface area contributed by atoms with Crippen LogP contribution in [0.2, 0.25) is 0 Å². The van der Waals surface area contributed by atoms with Gasteiger partial charge in [-0.1, -0.05) is 13.8 Å². The third-order valence-electron chi connectivity index (χ3n) is 4.03. The Bertz CT molecular complexity index is 229. The summed E-state index contributed by atoms with van der Waals surface area (Å²) >= 11 is 0. The number of nitrogens with two attached hydrogens (primary N) is 1. The Morgan fingerprint density at radius 3 is 2.56 bits per heavy atom. The van der Waals surface area contributed by atoms with Crippen molar-refractivity contribution >= 4 is 0 Å². The van der Waals surface area contributed by atoms with E-state index >= 15 is 0 Å². The Morgan fingerprint density at radius 1 is 1.28 bits per heavy atom. The summed E-state index contributed by atoms with van der Waals surface area (Å²) in [7, 11) is 0. The number of rotatable bonds is 7. The second-order valence-corrected chi connectivity index (χ2v) is 6.61. The van der Waals surface area contributed by atoms with E-state index in [2.05, 4.69) is 32.6 Å². The first kappa shape index (κ1) is 15.9. The lowest BCUT2D eigenvalue weighted by Crippen LogP contribution is -2.48. The molecule has 1 rings (SSSR count). The van der Waals surface area contributed by atoms with E-state index < -0.39 is 0 Å². The van der Waals surface area contributed by atoms with Gasteiger partial charge in [-0.05, 0) is 58.0 Å². The van der Waals surface area contributed by atoms with Gasteiger partial charge in [-0.2, -0.15) is 0 Å². The summed E-state index contributed by atoms with van der Waals surface area (Å²) < 4.78 is 5.74. The highest BCUT2D eigenvalue weighted by Crippen LogP contribution is 2.22. The van der Waals surface area contributed by atoms with Gasteiger partial charge in [-0.3, -0.25) is 4.90 Å². The van der Waals surface area contributed by atoms with Crippen molar-refractivity contribution in [1.82, 2.24) is 4.90 Å². The summed E-state index contributed by atoms with van der Waals surface area (Å²) in [6.45, 7) is 14.1. The highest BCUT2D eigenvalue weighted by Gasteiger charge is 2.26. The van der Waals surface area contributed by atoms with E-state index in [0.717, 1.165) is 38.1 Å². The van der Waals surface area contributed by atoms with Crippen LogP contribution >= 0.6 is 0 Å². The molecule has 1 fully saturated rings. The van der Waals surface area contributed by atoms with Gasteiger partial charge >= 0.3 is 0 Å². The van der Waals surface area contributed by atoms with Crippen LogP contribution in [0, 0.1) is 11.8 Å². The first-order valence-electron chi connectivity index (χ1n) is 7.51. The SMILES string of the molecule is CC(C)C(CCN)CCCN1CCOC(C)(C)C1. The topological polar surface area (TPSA) is 38.5 Å². The molecule has 108 valence electrons. The van der Waals surface area contributed by atoms with Crippen LogP contribution < -0.4 is 5.73 Å². The highest BCUT2D eigenvalue weighted by molar-refractivity contribution is 4.79. The van der Waals surface area contributed by atoms with Crippen LogP contribution in [0.5, 0.6) is 0 Å². The Labute approximate surface area is 113 Å². The first-order valence-corrected chi connectivity index (χ1v) is 7.51. The summed E-state index contributed by atoms with van der Waals surface area (Å²) in [4.78, 5) is 2.54. The molecule has 1 aliphatic heterocycles. The van der Waals surface area contributed by atoms with Crippen molar-refractivity contribution in [2.75, 3.05) is 32.8 Å². The van der Waals surface area contributed by atoms with Crippen molar-refractivity contribution in [1.29, 1.82) is 0 Å². The predicted molar refractivity (Wildman–Crippen MR) is 77.7 cm³/mol. The number of ether oxygens (including phenoxy) is 1. The molecule has 0 saturated carbocycles. The minimum atomic E-state index is 0.0347. The quantitative estimate of drug-likeness (QED) is 0.760. The number of morpholine rings is 1. The van der Waals surface area contributed by atoms with E-state index in [9.17, 15) is 0 Å². The average Bonchev–Trinajstić information content (AvgIpc) is 2.26. The van der Waals surface area contributed by atoms with Crippen LogP contribution in [-0.4, -0.2) is 43.3 Å². The van der Waals surface area contributed by atoms with Gasteiger partial charge in [-0.25, -0.2) is 0 Å². The van der Waals surface area contributed by atoms with Gasteiger partial charge in [0, 0.05) is 13.1 Å². The molecule has 0 bridgehead atoms. The second-order valence-electron chi connectivity index (χ2n) is 6.61. The molecule has 0 aromatic heterocycles. The molecule has 1 heterocycles. The summed E-state index contributed by atoms with van der Waals surface area (Å²) in [5.41, 5.74) is 5.73. The van der Waals surface area contributed by atoms with Gasteiger partial charge in [0.25, 0.3) is 0 Å². The van der Waals surface area contributed by atoms with Crippen LogP contribution in [0.15, 0.2) is 0 Å². The Balaban J connectivity index is 2.23. The molecule has 1 unspecified atom stereocenters. The van der Waals surface area contributed by atoms with E-state index in [-0.39, 0.29) is 5.60 Å². The molecule has 0 aliphatic carbocycles. The zero-order chi connectivity index (χ0) is 13.6. The Kier molecular flexibility index (Phi) is 6.61. The zero-order valence-electron chi connectivity index (χ0n) is 12.7. The molecular formula is C15H32N2O. The van der Waals surface area contributed by atoms with E-state index in [1.165, 1.54) is 25.8 Å². The standard InChI is InChI=1S/C15H32N2O/c1-13(2)14(7-8-16)6-5-9-17-10-11-18-15(3,4)12-17/h13-14H,5-12,16H2,1-4H3. The third kappa shape index (κ3) is 5.68. The fraction of sp³-hybridized carbons (Fsp3) is 1.00. The minimum Gasteiger partial charge on any atom is -0.373 e. The van der Waals surface area contributed by atoms with Gasteiger partial charge in [0.15, 0.2) is 0 Å². The summed E-state index contributed by atoms with van der Waals surface area (Å²) in [6.07, 6.45) is 3.78.